The fourth-order valence-electron chi connectivity index (χ4n) is 3.34. The third-order valence-electron chi connectivity index (χ3n) is 4.88. The van der Waals surface area contributed by atoms with E-state index < -0.39 is 0 Å². The number of rotatable bonds is 4. The van der Waals surface area contributed by atoms with Gasteiger partial charge in [0.2, 0.25) is 11.9 Å². The van der Waals surface area contributed by atoms with Crippen molar-refractivity contribution in [2.45, 2.75) is 6.42 Å². The molecule has 136 valence electrons. The Labute approximate surface area is 159 Å². The number of benzene rings is 2. The summed E-state index contributed by atoms with van der Waals surface area (Å²) in [6.45, 7) is 2.95. The highest BCUT2D eigenvalue weighted by molar-refractivity contribution is 5.79. The van der Waals surface area contributed by atoms with E-state index in [1.807, 2.05) is 41.3 Å². The molecule has 1 aliphatic heterocycles. The third-order valence-corrected chi connectivity index (χ3v) is 4.88. The van der Waals surface area contributed by atoms with Crippen LogP contribution in [0.25, 0.3) is 11.1 Å². The number of carbonyl (C=O) groups is 1. The molecule has 1 amide bonds. The lowest BCUT2D eigenvalue weighted by atomic mass is 10.0. The maximum atomic E-state index is 12.6. The van der Waals surface area contributed by atoms with Crippen LogP contribution >= 0.6 is 0 Å². The zero-order chi connectivity index (χ0) is 18.5. The maximum Gasteiger partial charge on any atom is 0.227 e. The minimum atomic E-state index is 0.177. The summed E-state index contributed by atoms with van der Waals surface area (Å²) in [6.07, 6.45) is 3.94. The van der Waals surface area contributed by atoms with Gasteiger partial charge >= 0.3 is 0 Å². The van der Waals surface area contributed by atoms with Gasteiger partial charge in [-0.15, -0.1) is 0 Å². The monoisotopic (exact) mass is 358 g/mol. The van der Waals surface area contributed by atoms with Crippen LogP contribution in [0, 0.1) is 0 Å². The average molecular weight is 358 g/mol. The number of hydrogen-bond donors (Lipinski definition) is 0. The fraction of sp³-hybridized carbons (Fsp3) is 0.227. The van der Waals surface area contributed by atoms with E-state index in [0.717, 1.165) is 24.6 Å². The minimum absolute atomic E-state index is 0.177. The lowest BCUT2D eigenvalue weighted by Crippen LogP contribution is -2.49. The van der Waals surface area contributed by atoms with Gasteiger partial charge in [-0.1, -0.05) is 54.6 Å². The Bertz CT molecular complexity index is 873. The van der Waals surface area contributed by atoms with E-state index in [9.17, 15) is 4.79 Å². The second kappa shape index (κ2) is 7.99. The first-order chi connectivity index (χ1) is 13.3. The van der Waals surface area contributed by atoms with Gasteiger partial charge in [-0.25, -0.2) is 9.97 Å². The minimum Gasteiger partial charge on any atom is -0.339 e. The van der Waals surface area contributed by atoms with Crippen LogP contribution in [-0.4, -0.2) is 47.0 Å². The molecule has 0 saturated carbocycles. The predicted molar refractivity (Wildman–Crippen MR) is 106 cm³/mol. The molecule has 27 heavy (non-hydrogen) atoms. The van der Waals surface area contributed by atoms with Gasteiger partial charge in [-0.2, -0.15) is 0 Å². The normalized spacial score (nSPS) is 14.2. The molecule has 0 bridgehead atoms. The lowest BCUT2D eigenvalue weighted by Gasteiger charge is -2.34. The molecule has 2 aromatic carbocycles. The Balaban J connectivity index is 1.33. The first-order valence-corrected chi connectivity index (χ1v) is 9.24. The van der Waals surface area contributed by atoms with Crippen LogP contribution in [-0.2, 0) is 11.2 Å². The number of hydrogen-bond acceptors (Lipinski definition) is 4. The zero-order valence-electron chi connectivity index (χ0n) is 15.2. The molecule has 0 spiro atoms. The van der Waals surface area contributed by atoms with E-state index in [2.05, 4.69) is 39.1 Å². The van der Waals surface area contributed by atoms with Gasteiger partial charge in [0.1, 0.15) is 0 Å². The molecule has 0 N–H and O–H groups in total. The molecule has 5 nitrogen and oxygen atoms in total. The zero-order valence-corrected chi connectivity index (χ0v) is 15.2. The molecule has 2 heterocycles. The number of piperazine rings is 1. The summed E-state index contributed by atoms with van der Waals surface area (Å²) in [7, 11) is 0. The molecule has 0 radical (unpaired) electrons. The van der Waals surface area contributed by atoms with E-state index in [1.54, 1.807) is 12.4 Å². The predicted octanol–water partition coefficient (Wildman–Crippen LogP) is 3.03. The fourth-order valence-corrected chi connectivity index (χ4v) is 3.34. The molecule has 0 aliphatic carbocycles. The average Bonchev–Trinajstić information content (AvgIpc) is 2.76. The van der Waals surface area contributed by atoms with E-state index in [-0.39, 0.29) is 5.91 Å². The van der Waals surface area contributed by atoms with Crippen LogP contribution in [0.4, 0.5) is 5.95 Å². The Morgan fingerprint density at radius 2 is 1.41 bits per heavy atom. The molecule has 3 aromatic rings. The molecule has 1 fully saturated rings. The van der Waals surface area contributed by atoms with Crippen LogP contribution < -0.4 is 4.90 Å². The van der Waals surface area contributed by atoms with Crippen molar-refractivity contribution >= 4 is 11.9 Å². The first kappa shape index (κ1) is 17.2. The summed E-state index contributed by atoms with van der Waals surface area (Å²) < 4.78 is 0. The molecule has 0 atom stereocenters. The van der Waals surface area contributed by atoms with E-state index in [1.165, 1.54) is 11.1 Å². The maximum absolute atomic E-state index is 12.6. The summed E-state index contributed by atoms with van der Waals surface area (Å²) in [5.74, 6) is 0.914. The number of carbonyl (C=O) groups excluding carboxylic acids is 1. The number of anilines is 1. The Hall–Kier alpha value is -3.21. The van der Waals surface area contributed by atoms with Gasteiger partial charge in [0.15, 0.2) is 0 Å². The van der Waals surface area contributed by atoms with Crippen molar-refractivity contribution < 1.29 is 4.79 Å². The quantitative estimate of drug-likeness (QED) is 0.719. The van der Waals surface area contributed by atoms with Gasteiger partial charge in [0, 0.05) is 38.6 Å². The summed E-state index contributed by atoms with van der Waals surface area (Å²) in [4.78, 5) is 25.3. The Morgan fingerprint density at radius 1 is 0.778 bits per heavy atom. The number of aromatic nitrogens is 2. The van der Waals surface area contributed by atoms with Gasteiger partial charge in [-0.3, -0.25) is 4.79 Å². The van der Waals surface area contributed by atoms with E-state index in [4.69, 9.17) is 0 Å². The number of amides is 1. The smallest absolute Gasteiger partial charge is 0.227 e. The molecule has 5 heteroatoms. The van der Waals surface area contributed by atoms with Crippen molar-refractivity contribution in [1.29, 1.82) is 0 Å². The van der Waals surface area contributed by atoms with Crippen molar-refractivity contribution in [2.75, 3.05) is 31.1 Å². The topological polar surface area (TPSA) is 49.3 Å². The SMILES string of the molecule is O=C(Cc1ccc(-c2ccccc2)cc1)N1CCN(c2ncccn2)CC1. The molecule has 1 aliphatic rings. The van der Waals surface area contributed by atoms with Crippen molar-refractivity contribution in [3.8, 4) is 11.1 Å². The van der Waals surface area contributed by atoms with Crippen molar-refractivity contribution in [2.24, 2.45) is 0 Å². The molecule has 1 saturated heterocycles. The van der Waals surface area contributed by atoms with Crippen LogP contribution in [0.5, 0.6) is 0 Å². The summed E-state index contributed by atoms with van der Waals surface area (Å²) in [5.41, 5.74) is 3.41. The van der Waals surface area contributed by atoms with Gasteiger partial charge in [0.25, 0.3) is 0 Å². The highest BCUT2D eigenvalue weighted by Crippen LogP contribution is 2.20. The van der Waals surface area contributed by atoms with Crippen LogP contribution in [0.2, 0.25) is 0 Å². The van der Waals surface area contributed by atoms with Gasteiger partial charge in [0.05, 0.1) is 6.42 Å². The molecule has 1 aromatic heterocycles. The number of nitrogens with zero attached hydrogens (tertiary/aromatic N) is 4. The van der Waals surface area contributed by atoms with Crippen molar-refractivity contribution in [3.63, 3.8) is 0 Å². The lowest BCUT2D eigenvalue weighted by molar-refractivity contribution is -0.130. The highest BCUT2D eigenvalue weighted by atomic mass is 16.2. The third kappa shape index (κ3) is 4.14. The van der Waals surface area contributed by atoms with Crippen LogP contribution in [0.15, 0.2) is 73.1 Å². The van der Waals surface area contributed by atoms with Gasteiger partial charge < -0.3 is 9.80 Å². The van der Waals surface area contributed by atoms with E-state index in [0.29, 0.717) is 19.5 Å². The standard InChI is InChI=1S/C22H22N4O/c27-21(25-13-15-26(16-14-25)22-23-11-4-12-24-22)17-18-7-9-20(10-8-18)19-5-2-1-3-6-19/h1-12H,13-17H2. The van der Waals surface area contributed by atoms with Crippen molar-refractivity contribution in [3.05, 3.63) is 78.6 Å². The second-order valence-electron chi connectivity index (χ2n) is 6.66. The van der Waals surface area contributed by atoms with Crippen LogP contribution in [0.1, 0.15) is 5.56 Å². The Morgan fingerprint density at radius 3 is 2.07 bits per heavy atom. The Kier molecular flexibility index (Phi) is 5.10. The second-order valence-corrected chi connectivity index (χ2v) is 6.66. The van der Waals surface area contributed by atoms with E-state index >= 15 is 0 Å². The molecule has 4 rings (SSSR count). The first-order valence-electron chi connectivity index (χ1n) is 9.24. The largest absolute Gasteiger partial charge is 0.339 e. The summed E-state index contributed by atoms with van der Waals surface area (Å²) in [5, 5.41) is 0. The van der Waals surface area contributed by atoms with Crippen molar-refractivity contribution in [1.82, 2.24) is 14.9 Å². The summed E-state index contributed by atoms with van der Waals surface area (Å²) >= 11 is 0. The molecule has 0 unspecified atom stereocenters. The van der Waals surface area contributed by atoms with Crippen LogP contribution in [0.3, 0.4) is 0 Å². The molecular weight excluding hydrogens is 336 g/mol. The molecular formula is C22H22N4O. The highest BCUT2D eigenvalue weighted by Gasteiger charge is 2.22. The van der Waals surface area contributed by atoms with Gasteiger partial charge in [-0.05, 0) is 22.8 Å². The summed E-state index contributed by atoms with van der Waals surface area (Å²) in [6, 6.07) is 20.4.